The summed E-state index contributed by atoms with van der Waals surface area (Å²) in [5.74, 6) is 0.785. The summed E-state index contributed by atoms with van der Waals surface area (Å²) in [4.78, 5) is 0. The molecular weight excluding hydrogens is 236 g/mol. The summed E-state index contributed by atoms with van der Waals surface area (Å²) in [5.41, 5.74) is 9.80. The maximum absolute atomic E-state index is 7.42. The van der Waals surface area contributed by atoms with Gasteiger partial charge in [-0.15, -0.1) is 0 Å². The zero-order chi connectivity index (χ0) is 13.8. The molecule has 2 rings (SSSR count). The standard InChI is InChI=1S/C16H18N2O/c1-11-5-3-6-12(2)15(11)10-19-14-8-4-7-13(9-14)16(17)18/h3-9H,10H2,1-2H3,(H3,17,18). The van der Waals surface area contributed by atoms with Crippen LogP contribution in [0.2, 0.25) is 0 Å². The van der Waals surface area contributed by atoms with E-state index in [1.165, 1.54) is 16.7 Å². The van der Waals surface area contributed by atoms with Gasteiger partial charge in [0.2, 0.25) is 0 Å². The van der Waals surface area contributed by atoms with Crippen LogP contribution in [0.1, 0.15) is 22.3 Å². The van der Waals surface area contributed by atoms with E-state index in [0.717, 1.165) is 5.75 Å². The van der Waals surface area contributed by atoms with Crippen molar-refractivity contribution in [3.05, 3.63) is 64.7 Å². The number of hydrogen-bond acceptors (Lipinski definition) is 2. The second kappa shape index (κ2) is 5.57. The maximum atomic E-state index is 7.42. The molecule has 0 spiro atoms. The van der Waals surface area contributed by atoms with Gasteiger partial charge in [-0.3, -0.25) is 5.41 Å². The summed E-state index contributed by atoms with van der Waals surface area (Å²) in [7, 11) is 0. The highest BCUT2D eigenvalue weighted by Gasteiger charge is 2.04. The van der Waals surface area contributed by atoms with Crippen molar-refractivity contribution in [3.8, 4) is 5.75 Å². The smallest absolute Gasteiger partial charge is 0.122 e. The molecule has 0 bridgehead atoms. The Hall–Kier alpha value is -2.29. The molecule has 0 fully saturated rings. The number of benzene rings is 2. The van der Waals surface area contributed by atoms with Crippen LogP contribution in [0.4, 0.5) is 0 Å². The fourth-order valence-electron chi connectivity index (χ4n) is 1.99. The number of nitrogen functional groups attached to an aromatic ring is 1. The summed E-state index contributed by atoms with van der Waals surface area (Å²) < 4.78 is 5.79. The Morgan fingerprint density at radius 2 is 1.74 bits per heavy atom. The van der Waals surface area contributed by atoms with Crippen molar-refractivity contribution >= 4 is 5.84 Å². The van der Waals surface area contributed by atoms with Crippen LogP contribution in [0.25, 0.3) is 0 Å². The SMILES string of the molecule is Cc1cccc(C)c1COc1cccc(C(=N)N)c1. The third-order valence-electron chi connectivity index (χ3n) is 3.17. The first-order valence-corrected chi connectivity index (χ1v) is 6.20. The van der Waals surface area contributed by atoms with E-state index in [9.17, 15) is 0 Å². The average Bonchev–Trinajstić information content (AvgIpc) is 2.38. The molecule has 19 heavy (non-hydrogen) atoms. The minimum absolute atomic E-state index is 0.0533. The monoisotopic (exact) mass is 254 g/mol. The van der Waals surface area contributed by atoms with Gasteiger partial charge in [0.25, 0.3) is 0 Å². The van der Waals surface area contributed by atoms with Crippen molar-refractivity contribution in [3.63, 3.8) is 0 Å². The van der Waals surface area contributed by atoms with Crippen LogP contribution < -0.4 is 10.5 Å². The summed E-state index contributed by atoms with van der Waals surface area (Å²) in [6.45, 7) is 4.69. The lowest BCUT2D eigenvalue weighted by atomic mass is 10.0. The Morgan fingerprint density at radius 3 is 2.37 bits per heavy atom. The second-order valence-electron chi connectivity index (χ2n) is 4.60. The van der Waals surface area contributed by atoms with E-state index >= 15 is 0 Å². The van der Waals surface area contributed by atoms with E-state index in [1.54, 1.807) is 12.1 Å². The van der Waals surface area contributed by atoms with E-state index < -0.39 is 0 Å². The number of ether oxygens (including phenoxy) is 1. The lowest BCUT2D eigenvalue weighted by molar-refractivity contribution is 0.304. The number of hydrogen-bond donors (Lipinski definition) is 2. The van der Waals surface area contributed by atoms with Crippen LogP contribution in [0, 0.1) is 19.3 Å². The van der Waals surface area contributed by atoms with Gasteiger partial charge < -0.3 is 10.5 Å². The minimum Gasteiger partial charge on any atom is -0.489 e. The van der Waals surface area contributed by atoms with Crippen molar-refractivity contribution in [1.29, 1.82) is 5.41 Å². The highest BCUT2D eigenvalue weighted by Crippen LogP contribution is 2.18. The van der Waals surface area contributed by atoms with E-state index in [2.05, 4.69) is 26.0 Å². The number of amidine groups is 1. The number of nitrogens with two attached hydrogens (primary N) is 1. The topological polar surface area (TPSA) is 59.1 Å². The van der Waals surface area contributed by atoms with Gasteiger partial charge in [-0.2, -0.15) is 0 Å². The van der Waals surface area contributed by atoms with Crippen LogP contribution in [0.15, 0.2) is 42.5 Å². The zero-order valence-corrected chi connectivity index (χ0v) is 11.2. The minimum atomic E-state index is 0.0533. The molecule has 0 aliphatic carbocycles. The van der Waals surface area contributed by atoms with Gasteiger partial charge >= 0.3 is 0 Å². The molecule has 0 atom stereocenters. The van der Waals surface area contributed by atoms with Crippen LogP contribution in [0.3, 0.4) is 0 Å². The van der Waals surface area contributed by atoms with E-state index in [1.807, 2.05) is 18.2 Å². The van der Waals surface area contributed by atoms with Gasteiger partial charge in [-0.05, 0) is 42.7 Å². The summed E-state index contributed by atoms with van der Waals surface area (Å²) in [6, 6.07) is 13.5. The van der Waals surface area contributed by atoms with Crippen molar-refractivity contribution in [2.24, 2.45) is 5.73 Å². The Kier molecular flexibility index (Phi) is 3.85. The fourth-order valence-corrected chi connectivity index (χ4v) is 1.99. The third-order valence-corrected chi connectivity index (χ3v) is 3.17. The van der Waals surface area contributed by atoms with Crippen molar-refractivity contribution < 1.29 is 4.74 Å². The molecule has 0 radical (unpaired) electrons. The molecule has 0 aliphatic rings. The van der Waals surface area contributed by atoms with E-state index in [0.29, 0.717) is 12.2 Å². The lowest BCUT2D eigenvalue weighted by Crippen LogP contribution is -2.11. The predicted molar refractivity (Wildman–Crippen MR) is 77.7 cm³/mol. The van der Waals surface area contributed by atoms with Crippen molar-refractivity contribution in [1.82, 2.24) is 0 Å². The first-order valence-electron chi connectivity index (χ1n) is 6.20. The molecule has 3 nitrogen and oxygen atoms in total. The Labute approximate surface area is 113 Å². The quantitative estimate of drug-likeness (QED) is 0.650. The first-order chi connectivity index (χ1) is 9.08. The van der Waals surface area contributed by atoms with Crippen molar-refractivity contribution in [2.75, 3.05) is 0 Å². The Morgan fingerprint density at radius 1 is 1.11 bits per heavy atom. The molecule has 3 heteroatoms. The Bertz CT molecular complexity index is 585. The van der Waals surface area contributed by atoms with Gasteiger partial charge in [0.05, 0.1) is 0 Å². The summed E-state index contributed by atoms with van der Waals surface area (Å²) >= 11 is 0. The molecule has 0 aliphatic heterocycles. The number of nitrogens with one attached hydrogen (secondary N) is 1. The highest BCUT2D eigenvalue weighted by molar-refractivity contribution is 5.95. The maximum Gasteiger partial charge on any atom is 0.122 e. The molecule has 0 saturated carbocycles. The molecular formula is C16H18N2O. The van der Waals surface area contributed by atoms with Crippen LogP contribution in [0.5, 0.6) is 5.75 Å². The normalized spacial score (nSPS) is 10.2. The first kappa shape index (κ1) is 13.1. The molecule has 98 valence electrons. The van der Waals surface area contributed by atoms with Crippen LogP contribution in [-0.2, 0) is 6.61 Å². The van der Waals surface area contributed by atoms with Gasteiger partial charge in [-0.25, -0.2) is 0 Å². The van der Waals surface area contributed by atoms with Gasteiger partial charge in [0.1, 0.15) is 18.2 Å². The lowest BCUT2D eigenvalue weighted by Gasteiger charge is -2.12. The molecule has 0 saturated heterocycles. The van der Waals surface area contributed by atoms with Crippen molar-refractivity contribution in [2.45, 2.75) is 20.5 Å². The fraction of sp³-hybridized carbons (Fsp3) is 0.188. The predicted octanol–water partition coefficient (Wildman–Crippen LogP) is 3.17. The van der Waals surface area contributed by atoms with Gasteiger partial charge in [0, 0.05) is 5.56 Å². The summed E-state index contributed by atoms with van der Waals surface area (Å²) in [5, 5.41) is 7.42. The largest absolute Gasteiger partial charge is 0.489 e. The Balaban J connectivity index is 2.15. The third kappa shape index (κ3) is 3.13. The molecule has 3 N–H and O–H groups in total. The molecule has 0 heterocycles. The second-order valence-corrected chi connectivity index (χ2v) is 4.60. The highest BCUT2D eigenvalue weighted by atomic mass is 16.5. The van der Waals surface area contributed by atoms with Crippen LogP contribution in [-0.4, -0.2) is 5.84 Å². The molecule has 2 aromatic rings. The number of rotatable bonds is 4. The van der Waals surface area contributed by atoms with Crippen LogP contribution >= 0.6 is 0 Å². The molecule has 0 aromatic heterocycles. The summed E-state index contributed by atoms with van der Waals surface area (Å²) in [6.07, 6.45) is 0. The molecule has 0 unspecified atom stereocenters. The van der Waals surface area contributed by atoms with Gasteiger partial charge in [-0.1, -0.05) is 30.3 Å². The average molecular weight is 254 g/mol. The molecule has 0 amide bonds. The van der Waals surface area contributed by atoms with Gasteiger partial charge in [0.15, 0.2) is 0 Å². The number of aryl methyl sites for hydroxylation is 2. The zero-order valence-electron chi connectivity index (χ0n) is 11.2. The molecule has 2 aromatic carbocycles. The van der Waals surface area contributed by atoms with E-state index in [4.69, 9.17) is 15.9 Å². The van der Waals surface area contributed by atoms with E-state index in [-0.39, 0.29) is 5.84 Å².